The minimum atomic E-state index is -0.0864. The highest BCUT2D eigenvalue weighted by Gasteiger charge is 2.14. The Bertz CT molecular complexity index is 921. The third kappa shape index (κ3) is 4.92. The number of hydrogen-bond donors (Lipinski definition) is 1. The molecule has 3 rings (SSSR count). The molecule has 0 fully saturated rings. The number of thioether (sulfide) groups is 1. The fraction of sp³-hybridized carbons (Fsp3) is 0.286. The quantitative estimate of drug-likeness (QED) is 0.572. The average molecular weight is 397 g/mol. The topological polar surface area (TPSA) is 69.0 Å². The van der Waals surface area contributed by atoms with Gasteiger partial charge in [0.1, 0.15) is 5.75 Å². The number of hydrogen-bond acceptors (Lipinski definition) is 5. The fourth-order valence-corrected chi connectivity index (χ4v) is 3.53. The van der Waals surface area contributed by atoms with Crippen LogP contribution in [-0.4, -0.2) is 33.0 Å². The van der Waals surface area contributed by atoms with Crippen molar-refractivity contribution in [1.82, 2.24) is 14.8 Å². The smallest absolute Gasteiger partial charge is 0.234 e. The molecule has 2 aromatic carbocycles. The van der Waals surface area contributed by atoms with Crippen molar-refractivity contribution in [2.24, 2.45) is 0 Å². The molecule has 1 amide bonds. The molecule has 6 nitrogen and oxygen atoms in total. The summed E-state index contributed by atoms with van der Waals surface area (Å²) in [6, 6.07) is 15.5. The van der Waals surface area contributed by atoms with Crippen molar-refractivity contribution in [1.29, 1.82) is 0 Å². The van der Waals surface area contributed by atoms with Crippen LogP contribution in [0.15, 0.2) is 53.7 Å². The normalized spacial score (nSPS) is 10.7. The highest BCUT2D eigenvalue weighted by atomic mass is 32.2. The van der Waals surface area contributed by atoms with Crippen molar-refractivity contribution in [3.63, 3.8) is 0 Å². The number of benzene rings is 2. The maximum absolute atomic E-state index is 12.3. The maximum Gasteiger partial charge on any atom is 0.234 e. The second-order valence-electron chi connectivity index (χ2n) is 6.21. The summed E-state index contributed by atoms with van der Waals surface area (Å²) in [5.74, 6) is 1.78. The van der Waals surface area contributed by atoms with Gasteiger partial charge in [-0.1, -0.05) is 41.6 Å². The second-order valence-corrected chi connectivity index (χ2v) is 7.15. The van der Waals surface area contributed by atoms with E-state index in [1.54, 1.807) is 0 Å². The number of ether oxygens (including phenoxy) is 1. The number of anilines is 1. The average Bonchev–Trinajstić information content (AvgIpc) is 3.11. The molecule has 7 heteroatoms. The molecule has 0 unspecified atom stereocenters. The first-order valence-corrected chi connectivity index (χ1v) is 10.2. The van der Waals surface area contributed by atoms with Crippen molar-refractivity contribution in [2.45, 2.75) is 32.5 Å². The number of carbonyl (C=O) groups is 1. The summed E-state index contributed by atoms with van der Waals surface area (Å²) in [6.45, 7) is 7.39. The van der Waals surface area contributed by atoms with E-state index in [4.69, 9.17) is 4.74 Å². The lowest BCUT2D eigenvalue weighted by Crippen LogP contribution is -2.14. The van der Waals surface area contributed by atoms with Crippen molar-refractivity contribution < 1.29 is 9.53 Å². The minimum absolute atomic E-state index is 0.0864. The highest BCUT2D eigenvalue weighted by molar-refractivity contribution is 7.99. The zero-order valence-electron chi connectivity index (χ0n) is 16.3. The molecular weight excluding hydrogens is 372 g/mol. The molecule has 28 heavy (non-hydrogen) atoms. The van der Waals surface area contributed by atoms with E-state index in [2.05, 4.69) is 34.6 Å². The summed E-state index contributed by atoms with van der Waals surface area (Å²) < 4.78 is 7.43. The summed E-state index contributed by atoms with van der Waals surface area (Å²) in [5, 5.41) is 12.2. The van der Waals surface area contributed by atoms with Crippen LogP contribution >= 0.6 is 11.8 Å². The number of amides is 1. The Labute approximate surface area is 169 Å². The van der Waals surface area contributed by atoms with Gasteiger partial charge in [-0.05, 0) is 45.0 Å². The van der Waals surface area contributed by atoms with E-state index in [0.29, 0.717) is 6.61 Å². The Hall–Kier alpha value is -2.80. The lowest BCUT2D eigenvalue weighted by Gasteiger charge is -2.09. The molecular formula is C21H24N4O2S. The second kappa shape index (κ2) is 9.41. The molecule has 3 aromatic rings. The number of nitrogens with one attached hydrogen (secondary N) is 1. The van der Waals surface area contributed by atoms with Crippen LogP contribution < -0.4 is 10.1 Å². The van der Waals surface area contributed by atoms with E-state index in [9.17, 15) is 4.79 Å². The van der Waals surface area contributed by atoms with Gasteiger partial charge in [0.2, 0.25) is 5.91 Å². The van der Waals surface area contributed by atoms with Crippen LogP contribution in [0, 0.1) is 6.92 Å². The first-order valence-electron chi connectivity index (χ1n) is 9.26. The SMILES string of the molecule is CCOc1ccc(NC(=O)CSc2nnc(-c3ccc(C)cc3)n2CC)cc1. The maximum atomic E-state index is 12.3. The van der Waals surface area contributed by atoms with Crippen LogP contribution in [-0.2, 0) is 11.3 Å². The van der Waals surface area contributed by atoms with E-state index < -0.39 is 0 Å². The zero-order valence-corrected chi connectivity index (χ0v) is 17.1. The lowest BCUT2D eigenvalue weighted by atomic mass is 10.1. The summed E-state index contributed by atoms with van der Waals surface area (Å²) >= 11 is 1.38. The molecule has 0 spiro atoms. The molecule has 1 aromatic heterocycles. The van der Waals surface area contributed by atoms with Gasteiger partial charge in [-0.2, -0.15) is 0 Å². The van der Waals surface area contributed by atoms with Gasteiger partial charge in [0.25, 0.3) is 0 Å². The molecule has 0 aliphatic rings. The Morgan fingerprint density at radius 1 is 1.07 bits per heavy atom. The van der Waals surface area contributed by atoms with Crippen LogP contribution in [0.4, 0.5) is 5.69 Å². The van der Waals surface area contributed by atoms with Crippen molar-refractivity contribution in [3.8, 4) is 17.1 Å². The van der Waals surface area contributed by atoms with Gasteiger partial charge in [-0.3, -0.25) is 4.79 Å². The third-order valence-corrected chi connectivity index (χ3v) is 5.09. The van der Waals surface area contributed by atoms with E-state index in [1.807, 2.05) is 54.8 Å². The molecule has 0 bridgehead atoms. The van der Waals surface area contributed by atoms with E-state index in [0.717, 1.165) is 34.5 Å². The summed E-state index contributed by atoms with van der Waals surface area (Å²) in [5.41, 5.74) is 2.96. The van der Waals surface area contributed by atoms with Gasteiger partial charge in [-0.15, -0.1) is 10.2 Å². The summed E-state index contributed by atoms with van der Waals surface area (Å²) in [4.78, 5) is 12.3. The van der Waals surface area contributed by atoms with Gasteiger partial charge in [0.15, 0.2) is 11.0 Å². The largest absolute Gasteiger partial charge is 0.494 e. The van der Waals surface area contributed by atoms with Crippen molar-refractivity contribution in [2.75, 3.05) is 17.7 Å². The van der Waals surface area contributed by atoms with Crippen molar-refractivity contribution in [3.05, 3.63) is 54.1 Å². The number of carbonyl (C=O) groups excluding carboxylic acids is 1. The monoisotopic (exact) mass is 396 g/mol. The Morgan fingerprint density at radius 3 is 2.43 bits per heavy atom. The standard InChI is InChI=1S/C21H24N4O2S/c1-4-25-20(16-8-6-15(3)7-9-16)23-24-21(25)28-14-19(26)22-17-10-12-18(13-11-17)27-5-2/h6-13H,4-5,14H2,1-3H3,(H,22,26). The third-order valence-electron chi connectivity index (χ3n) is 4.12. The number of rotatable bonds is 8. The zero-order chi connectivity index (χ0) is 19.9. The minimum Gasteiger partial charge on any atom is -0.494 e. The van der Waals surface area contributed by atoms with E-state index in [-0.39, 0.29) is 11.7 Å². The first kappa shape index (κ1) is 19.9. The Balaban J connectivity index is 1.62. The van der Waals surface area contributed by atoms with E-state index >= 15 is 0 Å². The Morgan fingerprint density at radius 2 is 1.79 bits per heavy atom. The molecule has 1 N–H and O–H groups in total. The summed E-state index contributed by atoms with van der Waals surface area (Å²) in [7, 11) is 0. The summed E-state index contributed by atoms with van der Waals surface area (Å²) in [6.07, 6.45) is 0. The lowest BCUT2D eigenvalue weighted by molar-refractivity contribution is -0.113. The van der Waals surface area contributed by atoms with Gasteiger partial charge in [-0.25, -0.2) is 0 Å². The first-order chi connectivity index (χ1) is 13.6. The predicted molar refractivity (Wildman–Crippen MR) is 113 cm³/mol. The van der Waals surface area contributed by atoms with Gasteiger partial charge >= 0.3 is 0 Å². The van der Waals surface area contributed by atoms with Crippen LogP contribution in [0.5, 0.6) is 5.75 Å². The molecule has 0 aliphatic carbocycles. The number of aromatic nitrogens is 3. The van der Waals surface area contributed by atoms with Crippen molar-refractivity contribution >= 4 is 23.4 Å². The van der Waals surface area contributed by atoms with Gasteiger partial charge in [0.05, 0.1) is 12.4 Å². The molecule has 146 valence electrons. The molecule has 0 radical (unpaired) electrons. The Kier molecular flexibility index (Phi) is 6.71. The molecule has 0 saturated carbocycles. The predicted octanol–water partition coefficient (Wildman–Crippen LogP) is 4.40. The highest BCUT2D eigenvalue weighted by Crippen LogP contribution is 2.24. The van der Waals surface area contributed by atoms with Crippen LogP contribution in [0.1, 0.15) is 19.4 Å². The van der Waals surface area contributed by atoms with Gasteiger partial charge < -0.3 is 14.6 Å². The van der Waals surface area contributed by atoms with E-state index in [1.165, 1.54) is 17.3 Å². The fourth-order valence-electron chi connectivity index (χ4n) is 2.73. The number of aryl methyl sites for hydroxylation is 1. The molecule has 0 aliphatic heterocycles. The van der Waals surface area contributed by atoms with Crippen LogP contribution in [0.3, 0.4) is 0 Å². The number of nitrogens with zero attached hydrogens (tertiary/aromatic N) is 3. The van der Waals surface area contributed by atoms with Crippen LogP contribution in [0.2, 0.25) is 0 Å². The molecule has 1 heterocycles. The molecule has 0 saturated heterocycles. The van der Waals surface area contributed by atoms with Crippen LogP contribution in [0.25, 0.3) is 11.4 Å². The molecule has 0 atom stereocenters. The van der Waals surface area contributed by atoms with Gasteiger partial charge in [0, 0.05) is 17.8 Å².